The van der Waals surface area contributed by atoms with Gasteiger partial charge in [-0.15, -0.1) is 11.3 Å². The SMILES string of the molecule is O=C(CCc1nc(-c2cccnc2)cs1)N1CCN(c2ccccc2F)CC1. The van der Waals surface area contributed by atoms with Gasteiger partial charge in [0.15, 0.2) is 0 Å². The van der Waals surface area contributed by atoms with Crippen molar-refractivity contribution in [3.8, 4) is 11.3 Å². The monoisotopic (exact) mass is 396 g/mol. The number of aromatic nitrogens is 2. The van der Waals surface area contributed by atoms with Crippen LogP contribution in [0.4, 0.5) is 10.1 Å². The maximum atomic E-state index is 13.9. The molecule has 0 atom stereocenters. The summed E-state index contributed by atoms with van der Waals surface area (Å²) in [6, 6.07) is 10.7. The first-order chi connectivity index (χ1) is 13.7. The molecule has 28 heavy (non-hydrogen) atoms. The van der Waals surface area contributed by atoms with Crippen molar-refractivity contribution in [3.05, 3.63) is 65.0 Å². The number of carbonyl (C=O) groups excluding carboxylic acids is 1. The average molecular weight is 396 g/mol. The van der Waals surface area contributed by atoms with Crippen LogP contribution in [-0.2, 0) is 11.2 Å². The summed E-state index contributed by atoms with van der Waals surface area (Å²) >= 11 is 1.57. The Hall–Kier alpha value is -2.80. The molecular weight excluding hydrogens is 375 g/mol. The van der Waals surface area contributed by atoms with E-state index in [-0.39, 0.29) is 11.7 Å². The zero-order chi connectivity index (χ0) is 19.3. The van der Waals surface area contributed by atoms with E-state index in [1.807, 2.05) is 33.4 Å². The predicted octanol–water partition coefficient (Wildman–Crippen LogP) is 3.63. The van der Waals surface area contributed by atoms with E-state index in [0.29, 0.717) is 44.7 Å². The number of aryl methyl sites for hydroxylation is 1. The maximum Gasteiger partial charge on any atom is 0.223 e. The number of amides is 1. The minimum Gasteiger partial charge on any atom is -0.366 e. The lowest BCUT2D eigenvalue weighted by Gasteiger charge is -2.36. The van der Waals surface area contributed by atoms with Crippen molar-refractivity contribution in [2.24, 2.45) is 0 Å². The van der Waals surface area contributed by atoms with Gasteiger partial charge < -0.3 is 9.80 Å². The van der Waals surface area contributed by atoms with Crippen molar-refractivity contribution in [2.45, 2.75) is 12.8 Å². The summed E-state index contributed by atoms with van der Waals surface area (Å²) in [5, 5.41) is 2.96. The van der Waals surface area contributed by atoms with Crippen molar-refractivity contribution < 1.29 is 9.18 Å². The van der Waals surface area contributed by atoms with Gasteiger partial charge in [-0.1, -0.05) is 12.1 Å². The number of hydrogen-bond donors (Lipinski definition) is 0. The van der Waals surface area contributed by atoms with Gasteiger partial charge in [0, 0.05) is 62.4 Å². The Kier molecular flexibility index (Phi) is 5.62. The molecule has 4 rings (SSSR count). The Balaban J connectivity index is 1.28. The molecule has 3 heterocycles. The highest BCUT2D eigenvalue weighted by atomic mass is 32.1. The lowest BCUT2D eigenvalue weighted by molar-refractivity contribution is -0.131. The van der Waals surface area contributed by atoms with Crippen molar-refractivity contribution in [3.63, 3.8) is 0 Å². The van der Waals surface area contributed by atoms with E-state index >= 15 is 0 Å². The van der Waals surface area contributed by atoms with Crippen LogP contribution < -0.4 is 4.90 Å². The smallest absolute Gasteiger partial charge is 0.223 e. The summed E-state index contributed by atoms with van der Waals surface area (Å²) in [6.07, 6.45) is 4.61. The first kappa shape index (κ1) is 18.6. The second kappa shape index (κ2) is 8.48. The number of benzene rings is 1. The van der Waals surface area contributed by atoms with Gasteiger partial charge in [0.05, 0.1) is 16.4 Å². The first-order valence-electron chi connectivity index (χ1n) is 9.33. The van der Waals surface area contributed by atoms with Crippen LogP contribution in [0.5, 0.6) is 0 Å². The fourth-order valence-corrected chi connectivity index (χ4v) is 4.16. The first-order valence-corrected chi connectivity index (χ1v) is 10.2. The molecule has 1 fully saturated rings. The lowest BCUT2D eigenvalue weighted by atomic mass is 10.2. The highest BCUT2D eigenvalue weighted by Crippen LogP contribution is 2.23. The summed E-state index contributed by atoms with van der Waals surface area (Å²) in [7, 11) is 0. The third-order valence-electron chi connectivity index (χ3n) is 4.89. The van der Waals surface area contributed by atoms with Gasteiger partial charge in [-0.2, -0.15) is 0 Å². The molecule has 0 radical (unpaired) electrons. The minimum atomic E-state index is -0.213. The summed E-state index contributed by atoms with van der Waals surface area (Å²) < 4.78 is 13.9. The number of pyridine rings is 1. The zero-order valence-corrected chi connectivity index (χ0v) is 16.2. The number of anilines is 1. The zero-order valence-electron chi connectivity index (χ0n) is 15.4. The molecule has 0 saturated carbocycles. The van der Waals surface area contributed by atoms with E-state index in [1.54, 1.807) is 35.9 Å². The molecule has 1 saturated heterocycles. The Morgan fingerprint density at radius 3 is 2.68 bits per heavy atom. The topological polar surface area (TPSA) is 49.3 Å². The predicted molar refractivity (Wildman–Crippen MR) is 109 cm³/mol. The molecule has 7 heteroatoms. The van der Waals surface area contributed by atoms with Gasteiger partial charge in [-0.25, -0.2) is 9.37 Å². The average Bonchev–Trinajstić information content (AvgIpc) is 3.22. The molecule has 0 unspecified atom stereocenters. The van der Waals surface area contributed by atoms with Crippen LogP contribution in [0.25, 0.3) is 11.3 Å². The molecule has 144 valence electrons. The van der Waals surface area contributed by atoms with Crippen molar-refractivity contribution in [1.82, 2.24) is 14.9 Å². The maximum absolute atomic E-state index is 13.9. The summed E-state index contributed by atoms with van der Waals surface area (Å²) in [6.45, 7) is 2.53. The van der Waals surface area contributed by atoms with Crippen LogP contribution in [0, 0.1) is 5.82 Å². The second-order valence-corrected chi connectivity index (χ2v) is 7.63. The molecule has 0 spiro atoms. The normalized spacial score (nSPS) is 14.3. The Bertz CT molecular complexity index is 938. The van der Waals surface area contributed by atoms with Crippen molar-refractivity contribution in [1.29, 1.82) is 0 Å². The van der Waals surface area contributed by atoms with Crippen LogP contribution in [0.2, 0.25) is 0 Å². The number of carbonyl (C=O) groups is 1. The standard InChI is InChI=1S/C21H21FN4OS/c22-17-5-1-2-6-19(17)25-10-12-26(13-11-25)21(27)8-7-20-24-18(15-28-20)16-4-3-9-23-14-16/h1-6,9,14-15H,7-8,10-13H2. The van der Waals surface area contributed by atoms with Crippen LogP contribution in [0.15, 0.2) is 54.2 Å². The quantitative estimate of drug-likeness (QED) is 0.661. The second-order valence-electron chi connectivity index (χ2n) is 6.69. The molecular formula is C21H21FN4OS. The number of hydrogen-bond acceptors (Lipinski definition) is 5. The van der Waals surface area contributed by atoms with Gasteiger partial charge in [-0.3, -0.25) is 9.78 Å². The number of para-hydroxylation sites is 1. The molecule has 2 aromatic heterocycles. The van der Waals surface area contributed by atoms with Crippen LogP contribution in [0.3, 0.4) is 0 Å². The van der Waals surface area contributed by atoms with E-state index in [2.05, 4.69) is 9.97 Å². The Morgan fingerprint density at radius 1 is 1.11 bits per heavy atom. The number of thiazole rings is 1. The van der Waals surface area contributed by atoms with Crippen molar-refractivity contribution >= 4 is 22.9 Å². The van der Waals surface area contributed by atoms with Gasteiger partial charge >= 0.3 is 0 Å². The van der Waals surface area contributed by atoms with Gasteiger partial charge in [0.1, 0.15) is 5.82 Å². The summed E-state index contributed by atoms with van der Waals surface area (Å²) in [4.78, 5) is 25.2. The number of halogens is 1. The minimum absolute atomic E-state index is 0.131. The molecule has 0 N–H and O–H groups in total. The Morgan fingerprint density at radius 2 is 1.93 bits per heavy atom. The van der Waals surface area contributed by atoms with E-state index in [9.17, 15) is 9.18 Å². The van der Waals surface area contributed by atoms with E-state index in [1.165, 1.54) is 6.07 Å². The number of rotatable bonds is 5. The number of nitrogens with zero attached hydrogens (tertiary/aromatic N) is 4. The molecule has 1 amide bonds. The largest absolute Gasteiger partial charge is 0.366 e. The van der Waals surface area contributed by atoms with Gasteiger partial charge in [0.25, 0.3) is 0 Å². The summed E-state index contributed by atoms with van der Waals surface area (Å²) in [5.74, 6) is -0.0817. The van der Waals surface area contributed by atoms with Crippen molar-refractivity contribution in [2.75, 3.05) is 31.1 Å². The van der Waals surface area contributed by atoms with Crippen LogP contribution >= 0.6 is 11.3 Å². The molecule has 1 aliphatic heterocycles. The third kappa shape index (κ3) is 4.20. The highest BCUT2D eigenvalue weighted by Gasteiger charge is 2.22. The molecule has 0 bridgehead atoms. The molecule has 5 nitrogen and oxygen atoms in total. The highest BCUT2D eigenvalue weighted by molar-refractivity contribution is 7.09. The Labute approximate surface area is 167 Å². The number of piperazine rings is 1. The van der Waals surface area contributed by atoms with Gasteiger partial charge in [-0.05, 0) is 24.3 Å². The van der Waals surface area contributed by atoms with E-state index < -0.39 is 0 Å². The molecule has 1 aromatic carbocycles. The van der Waals surface area contributed by atoms with Crippen LogP contribution in [-0.4, -0.2) is 47.0 Å². The van der Waals surface area contributed by atoms with Crippen LogP contribution in [0.1, 0.15) is 11.4 Å². The van der Waals surface area contributed by atoms with Gasteiger partial charge in [0.2, 0.25) is 5.91 Å². The fraction of sp³-hybridized carbons (Fsp3) is 0.286. The molecule has 3 aromatic rings. The lowest BCUT2D eigenvalue weighted by Crippen LogP contribution is -2.49. The molecule has 1 aliphatic rings. The molecule has 0 aliphatic carbocycles. The summed E-state index contributed by atoms with van der Waals surface area (Å²) in [5.41, 5.74) is 2.50. The fourth-order valence-electron chi connectivity index (χ4n) is 3.35. The third-order valence-corrected chi connectivity index (χ3v) is 5.80. The van der Waals surface area contributed by atoms with E-state index in [4.69, 9.17) is 0 Å². The van der Waals surface area contributed by atoms with E-state index in [0.717, 1.165) is 16.3 Å².